The van der Waals surface area contributed by atoms with Gasteiger partial charge in [-0.3, -0.25) is 0 Å². The van der Waals surface area contributed by atoms with Gasteiger partial charge in [-0.25, -0.2) is 4.98 Å². The van der Waals surface area contributed by atoms with Crippen LogP contribution in [0.5, 0.6) is 11.5 Å². The van der Waals surface area contributed by atoms with Gasteiger partial charge < -0.3 is 30.2 Å². The zero-order valence-corrected chi connectivity index (χ0v) is 18.0. The number of imidazole rings is 1. The Morgan fingerprint density at radius 2 is 2.00 bits per heavy atom. The molecule has 9 nitrogen and oxygen atoms in total. The van der Waals surface area contributed by atoms with E-state index in [1.807, 2.05) is 18.5 Å². The van der Waals surface area contributed by atoms with Crippen LogP contribution in [0.1, 0.15) is 50.6 Å². The van der Waals surface area contributed by atoms with Gasteiger partial charge in [-0.1, -0.05) is 31.4 Å². The molecule has 4 N–H and O–H groups in total. The number of para-hydroxylation sites is 1. The van der Waals surface area contributed by atoms with E-state index in [4.69, 9.17) is 9.72 Å². The highest BCUT2D eigenvalue weighted by Crippen LogP contribution is 2.33. The van der Waals surface area contributed by atoms with Crippen molar-refractivity contribution in [3.8, 4) is 11.5 Å². The van der Waals surface area contributed by atoms with Crippen LogP contribution in [0.4, 0.5) is 11.8 Å². The second-order valence-corrected chi connectivity index (χ2v) is 8.06. The van der Waals surface area contributed by atoms with E-state index in [1.165, 1.54) is 26.4 Å². The predicted molar refractivity (Wildman–Crippen MR) is 120 cm³/mol. The van der Waals surface area contributed by atoms with E-state index in [0.717, 1.165) is 18.5 Å². The van der Waals surface area contributed by atoms with Crippen LogP contribution in [-0.4, -0.2) is 49.5 Å². The molecule has 0 amide bonds. The van der Waals surface area contributed by atoms with Crippen LogP contribution in [0.3, 0.4) is 0 Å². The van der Waals surface area contributed by atoms with Crippen molar-refractivity contribution in [2.75, 3.05) is 24.3 Å². The minimum absolute atomic E-state index is 0.1000. The molecule has 9 heteroatoms. The quantitative estimate of drug-likeness (QED) is 0.433. The van der Waals surface area contributed by atoms with Crippen LogP contribution in [0.25, 0.3) is 11.2 Å². The number of aliphatic hydroxyl groups excluding tert-OH is 1. The van der Waals surface area contributed by atoms with Gasteiger partial charge in [-0.2, -0.15) is 9.97 Å². The monoisotopic (exact) mass is 426 g/mol. The Balaban J connectivity index is 1.66. The van der Waals surface area contributed by atoms with Gasteiger partial charge in [0.15, 0.2) is 28.5 Å². The van der Waals surface area contributed by atoms with Crippen LogP contribution in [-0.2, 0) is 6.54 Å². The number of aliphatic hydroxyl groups is 1. The van der Waals surface area contributed by atoms with Gasteiger partial charge in [0.2, 0.25) is 5.95 Å². The Morgan fingerprint density at radius 1 is 1.19 bits per heavy atom. The molecule has 0 saturated heterocycles. The Hall–Kier alpha value is -3.07. The number of benzene rings is 1. The lowest BCUT2D eigenvalue weighted by Gasteiger charge is -2.23. The molecule has 4 rings (SSSR count). The summed E-state index contributed by atoms with van der Waals surface area (Å²) in [7, 11) is 1.53. The van der Waals surface area contributed by atoms with E-state index in [-0.39, 0.29) is 5.75 Å². The van der Waals surface area contributed by atoms with Gasteiger partial charge in [0, 0.05) is 24.7 Å². The number of hydrogen-bond acceptors (Lipinski definition) is 8. The second-order valence-electron chi connectivity index (χ2n) is 8.06. The molecule has 2 heterocycles. The lowest BCUT2D eigenvalue weighted by Crippen LogP contribution is -2.18. The zero-order valence-electron chi connectivity index (χ0n) is 18.0. The van der Waals surface area contributed by atoms with Crippen LogP contribution >= 0.6 is 0 Å². The van der Waals surface area contributed by atoms with Gasteiger partial charge in [-0.15, -0.1) is 0 Å². The molecule has 166 valence electrons. The molecule has 0 bridgehead atoms. The molecule has 1 fully saturated rings. The normalized spacial score (nSPS) is 15.7. The van der Waals surface area contributed by atoms with E-state index >= 15 is 0 Å². The van der Waals surface area contributed by atoms with E-state index in [0.29, 0.717) is 47.7 Å². The Bertz CT molecular complexity index is 1030. The highest BCUT2D eigenvalue weighted by Gasteiger charge is 2.21. The van der Waals surface area contributed by atoms with Gasteiger partial charge in [-0.05, 0) is 25.8 Å². The van der Waals surface area contributed by atoms with Crippen molar-refractivity contribution in [1.29, 1.82) is 0 Å². The molecule has 1 aliphatic carbocycles. The molecule has 0 aliphatic heterocycles. The molecule has 1 atom stereocenters. The van der Waals surface area contributed by atoms with Crippen molar-refractivity contribution < 1.29 is 14.9 Å². The second kappa shape index (κ2) is 9.38. The molecule has 1 aliphatic rings. The highest BCUT2D eigenvalue weighted by atomic mass is 16.5. The fourth-order valence-corrected chi connectivity index (χ4v) is 4.04. The van der Waals surface area contributed by atoms with Crippen molar-refractivity contribution in [3.05, 3.63) is 30.1 Å². The number of methoxy groups -OCH3 is 1. The number of ether oxygens (including phenoxy) is 1. The summed E-state index contributed by atoms with van der Waals surface area (Å²) in [6, 6.07) is 5.76. The van der Waals surface area contributed by atoms with E-state index in [1.54, 1.807) is 13.0 Å². The SMILES string of the molecule is COc1cccc(CNc2nc(NCC(C)O)nc3c2ncn3C2CCCCC2)c1O. The smallest absolute Gasteiger partial charge is 0.226 e. The van der Waals surface area contributed by atoms with Gasteiger partial charge >= 0.3 is 0 Å². The van der Waals surface area contributed by atoms with Crippen LogP contribution in [0.2, 0.25) is 0 Å². The average molecular weight is 427 g/mol. The zero-order chi connectivity index (χ0) is 21.8. The van der Waals surface area contributed by atoms with Crippen molar-refractivity contribution in [2.24, 2.45) is 0 Å². The fourth-order valence-electron chi connectivity index (χ4n) is 4.04. The highest BCUT2D eigenvalue weighted by molar-refractivity contribution is 5.84. The first-order valence-electron chi connectivity index (χ1n) is 10.8. The van der Waals surface area contributed by atoms with Crippen LogP contribution in [0, 0.1) is 0 Å². The average Bonchev–Trinajstić information content (AvgIpc) is 3.21. The first kappa shape index (κ1) is 21.2. The summed E-state index contributed by atoms with van der Waals surface area (Å²) in [5.74, 6) is 1.54. The number of nitrogens with zero attached hydrogens (tertiary/aromatic N) is 4. The molecule has 0 spiro atoms. The molecule has 1 saturated carbocycles. The summed E-state index contributed by atoms with van der Waals surface area (Å²) in [5, 5.41) is 26.4. The first-order chi connectivity index (χ1) is 15.1. The molecule has 3 aromatic rings. The van der Waals surface area contributed by atoms with Crippen molar-refractivity contribution in [2.45, 2.75) is 57.7 Å². The Morgan fingerprint density at radius 3 is 2.74 bits per heavy atom. The largest absolute Gasteiger partial charge is 0.504 e. The molecule has 1 aromatic carbocycles. The van der Waals surface area contributed by atoms with Crippen molar-refractivity contribution in [1.82, 2.24) is 19.5 Å². The Labute approximate surface area is 181 Å². The molecule has 1 unspecified atom stereocenters. The number of phenolic OH excluding ortho intramolecular Hbond substituents is 1. The summed E-state index contributed by atoms with van der Waals surface area (Å²) in [5.41, 5.74) is 2.15. The third-order valence-corrected chi connectivity index (χ3v) is 5.69. The van der Waals surface area contributed by atoms with Crippen molar-refractivity contribution in [3.63, 3.8) is 0 Å². The summed E-state index contributed by atoms with van der Waals surface area (Å²) >= 11 is 0. The number of aromatic hydroxyl groups is 1. The van der Waals surface area contributed by atoms with E-state index in [9.17, 15) is 10.2 Å². The standard InChI is InChI=1S/C22H30N6O3/c1-14(29)11-24-22-26-20(23-12-15-7-6-10-17(31-2)19(15)30)18-21(27-22)28(13-25-18)16-8-4-3-5-9-16/h6-7,10,13-14,16,29-30H,3-5,8-9,11-12H2,1-2H3,(H2,23,24,26,27). The number of rotatable bonds is 8. The summed E-state index contributed by atoms with van der Waals surface area (Å²) in [4.78, 5) is 13.9. The number of hydrogen-bond donors (Lipinski definition) is 4. The number of nitrogens with one attached hydrogen (secondary N) is 2. The maximum absolute atomic E-state index is 10.4. The van der Waals surface area contributed by atoms with E-state index in [2.05, 4.69) is 25.2 Å². The maximum atomic E-state index is 10.4. The topological polar surface area (TPSA) is 117 Å². The molecular formula is C22H30N6O3. The van der Waals surface area contributed by atoms with Gasteiger partial charge in [0.25, 0.3) is 0 Å². The summed E-state index contributed by atoms with van der Waals surface area (Å²) < 4.78 is 7.35. The van der Waals surface area contributed by atoms with Gasteiger partial charge in [0.05, 0.1) is 19.5 Å². The van der Waals surface area contributed by atoms with E-state index < -0.39 is 6.10 Å². The molecule has 2 aromatic heterocycles. The first-order valence-corrected chi connectivity index (χ1v) is 10.8. The number of aromatic nitrogens is 4. The Kier molecular flexibility index (Phi) is 6.41. The lowest BCUT2D eigenvalue weighted by molar-refractivity contribution is 0.208. The minimum atomic E-state index is -0.521. The molecule has 0 radical (unpaired) electrons. The molecule has 31 heavy (non-hydrogen) atoms. The number of fused-ring (bicyclic) bond motifs is 1. The molecular weight excluding hydrogens is 396 g/mol. The van der Waals surface area contributed by atoms with Crippen molar-refractivity contribution >= 4 is 22.9 Å². The van der Waals surface area contributed by atoms with Crippen LogP contribution in [0.15, 0.2) is 24.5 Å². The fraction of sp³-hybridized carbons (Fsp3) is 0.500. The van der Waals surface area contributed by atoms with Crippen LogP contribution < -0.4 is 15.4 Å². The minimum Gasteiger partial charge on any atom is -0.504 e. The maximum Gasteiger partial charge on any atom is 0.226 e. The summed E-state index contributed by atoms with van der Waals surface area (Å²) in [6.45, 7) is 2.41. The summed E-state index contributed by atoms with van der Waals surface area (Å²) in [6.07, 6.45) is 7.26. The predicted octanol–water partition coefficient (Wildman–Crippen LogP) is 3.45. The number of phenols is 1. The third-order valence-electron chi connectivity index (χ3n) is 5.69. The number of anilines is 2. The third kappa shape index (κ3) is 4.66. The van der Waals surface area contributed by atoms with Gasteiger partial charge in [0.1, 0.15) is 0 Å². The lowest BCUT2D eigenvalue weighted by atomic mass is 9.95.